The van der Waals surface area contributed by atoms with Gasteiger partial charge in [-0.15, -0.1) is 0 Å². The van der Waals surface area contributed by atoms with E-state index in [0.717, 1.165) is 5.69 Å². The minimum Gasteiger partial charge on any atom is -0.505 e. The first-order valence-corrected chi connectivity index (χ1v) is 6.48. The molecule has 2 rings (SSSR count). The van der Waals surface area contributed by atoms with E-state index in [-0.39, 0.29) is 5.75 Å². The highest BCUT2D eigenvalue weighted by atomic mass is 19.1. The second-order valence-corrected chi connectivity index (χ2v) is 4.33. The molecule has 5 nitrogen and oxygen atoms in total. The fraction of sp³-hybridized carbons (Fsp3) is 0.267. The second-order valence-electron chi connectivity index (χ2n) is 4.33. The Morgan fingerprint density at radius 1 is 1.24 bits per heavy atom. The summed E-state index contributed by atoms with van der Waals surface area (Å²) >= 11 is 0. The standard InChI is InChI=1S/C15H17FN2O3/c1-20-7-8-21-14-6-5-12(10-18-14)17-9-11-3-2-4-13(16)15(11)19/h2-6,10,17,19H,7-9H2,1H3. The summed E-state index contributed by atoms with van der Waals surface area (Å²) in [7, 11) is 1.60. The summed E-state index contributed by atoms with van der Waals surface area (Å²) in [6.45, 7) is 1.24. The van der Waals surface area contributed by atoms with Crippen LogP contribution < -0.4 is 10.1 Å². The SMILES string of the molecule is COCCOc1ccc(NCc2cccc(F)c2O)cn1. The molecule has 6 heteroatoms. The predicted octanol–water partition coefficient (Wildman–Crippen LogP) is 2.56. The number of halogens is 1. The Kier molecular flexibility index (Phi) is 5.34. The normalized spacial score (nSPS) is 10.4. The Labute approximate surface area is 122 Å². The average molecular weight is 292 g/mol. The highest BCUT2D eigenvalue weighted by Gasteiger charge is 2.06. The monoisotopic (exact) mass is 292 g/mol. The minimum absolute atomic E-state index is 0.301. The summed E-state index contributed by atoms with van der Waals surface area (Å²) < 4.78 is 23.4. The number of benzene rings is 1. The number of ether oxygens (including phenoxy) is 2. The van der Waals surface area contributed by atoms with Gasteiger partial charge in [0.15, 0.2) is 11.6 Å². The molecule has 2 N–H and O–H groups in total. The third-order valence-electron chi connectivity index (χ3n) is 2.83. The number of phenols is 1. The summed E-state index contributed by atoms with van der Waals surface area (Å²) in [6.07, 6.45) is 1.61. The van der Waals surface area contributed by atoms with E-state index >= 15 is 0 Å². The molecule has 0 aliphatic heterocycles. The third kappa shape index (κ3) is 4.32. The molecular weight excluding hydrogens is 275 g/mol. The Morgan fingerprint density at radius 2 is 2.10 bits per heavy atom. The Hall–Kier alpha value is -2.34. The molecule has 1 aromatic carbocycles. The van der Waals surface area contributed by atoms with E-state index in [9.17, 15) is 9.50 Å². The Bertz CT molecular complexity index is 576. The zero-order chi connectivity index (χ0) is 15.1. The molecule has 1 aromatic heterocycles. The van der Waals surface area contributed by atoms with Crippen LogP contribution in [-0.4, -0.2) is 30.4 Å². The summed E-state index contributed by atoms with van der Waals surface area (Å²) in [4.78, 5) is 4.13. The Morgan fingerprint density at radius 3 is 2.81 bits per heavy atom. The zero-order valence-electron chi connectivity index (χ0n) is 11.7. The van der Waals surface area contributed by atoms with Gasteiger partial charge < -0.3 is 19.9 Å². The maximum atomic E-state index is 13.2. The highest BCUT2D eigenvalue weighted by molar-refractivity contribution is 5.44. The molecule has 112 valence electrons. The summed E-state index contributed by atoms with van der Waals surface area (Å²) in [5, 5.41) is 12.6. The van der Waals surface area contributed by atoms with Crippen LogP contribution in [0.15, 0.2) is 36.5 Å². The van der Waals surface area contributed by atoms with Gasteiger partial charge in [0.2, 0.25) is 5.88 Å². The number of hydrogen-bond donors (Lipinski definition) is 2. The van der Waals surface area contributed by atoms with Crippen LogP contribution in [0.25, 0.3) is 0 Å². The van der Waals surface area contributed by atoms with E-state index in [2.05, 4.69) is 10.3 Å². The van der Waals surface area contributed by atoms with Gasteiger partial charge in [0.1, 0.15) is 6.61 Å². The molecule has 0 unspecified atom stereocenters. The van der Waals surface area contributed by atoms with Gasteiger partial charge in [-0.05, 0) is 12.1 Å². The third-order valence-corrected chi connectivity index (χ3v) is 2.83. The molecule has 0 radical (unpaired) electrons. The van der Waals surface area contributed by atoms with E-state index in [1.165, 1.54) is 6.07 Å². The Balaban J connectivity index is 1.90. The van der Waals surface area contributed by atoms with Crippen molar-refractivity contribution in [3.05, 3.63) is 47.9 Å². The van der Waals surface area contributed by atoms with Gasteiger partial charge in [0, 0.05) is 25.3 Å². The molecular formula is C15H17FN2O3. The lowest BCUT2D eigenvalue weighted by molar-refractivity contribution is 0.144. The van der Waals surface area contributed by atoms with Crippen molar-refractivity contribution in [3.8, 4) is 11.6 Å². The van der Waals surface area contributed by atoms with E-state index < -0.39 is 5.82 Å². The van der Waals surface area contributed by atoms with Crippen LogP contribution in [-0.2, 0) is 11.3 Å². The molecule has 1 heterocycles. The van der Waals surface area contributed by atoms with Crippen LogP contribution in [0.2, 0.25) is 0 Å². The fourth-order valence-electron chi connectivity index (χ4n) is 1.70. The van der Waals surface area contributed by atoms with Crippen molar-refractivity contribution in [1.29, 1.82) is 0 Å². The molecule has 0 spiro atoms. The number of nitrogens with one attached hydrogen (secondary N) is 1. The van der Waals surface area contributed by atoms with Gasteiger partial charge in [-0.3, -0.25) is 0 Å². The van der Waals surface area contributed by atoms with Crippen LogP contribution in [0.5, 0.6) is 11.6 Å². The van der Waals surface area contributed by atoms with Crippen LogP contribution in [0, 0.1) is 5.82 Å². The molecule has 0 bridgehead atoms. The summed E-state index contributed by atoms with van der Waals surface area (Å²) in [6, 6.07) is 7.94. The molecule has 0 aliphatic carbocycles. The van der Waals surface area contributed by atoms with Gasteiger partial charge in [-0.1, -0.05) is 12.1 Å². The first kappa shape index (κ1) is 15.1. The van der Waals surface area contributed by atoms with Crippen LogP contribution in [0.3, 0.4) is 0 Å². The molecule has 0 aliphatic rings. The number of nitrogens with zero attached hydrogens (tertiary/aromatic N) is 1. The van der Waals surface area contributed by atoms with Crippen LogP contribution in [0.4, 0.5) is 10.1 Å². The van der Waals surface area contributed by atoms with Gasteiger partial charge in [-0.25, -0.2) is 9.37 Å². The molecule has 0 saturated heterocycles. The largest absolute Gasteiger partial charge is 0.505 e. The van der Waals surface area contributed by atoms with Crippen molar-refractivity contribution in [3.63, 3.8) is 0 Å². The molecule has 0 fully saturated rings. The lowest BCUT2D eigenvalue weighted by atomic mass is 10.2. The van der Waals surface area contributed by atoms with Crippen molar-refractivity contribution < 1.29 is 19.0 Å². The first-order valence-electron chi connectivity index (χ1n) is 6.48. The van der Waals surface area contributed by atoms with Gasteiger partial charge >= 0.3 is 0 Å². The maximum absolute atomic E-state index is 13.2. The lowest BCUT2D eigenvalue weighted by Gasteiger charge is -2.09. The van der Waals surface area contributed by atoms with Gasteiger partial charge in [0.25, 0.3) is 0 Å². The van der Waals surface area contributed by atoms with Crippen molar-refractivity contribution in [1.82, 2.24) is 4.98 Å². The lowest BCUT2D eigenvalue weighted by Crippen LogP contribution is -2.05. The molecule has 2 aromatic rings. The number of hydrogen-bond acceptors (Lipinski definition) is 5. The molecule has 0 atom stereocenters. The number of aromatic hydroxyl groups is 1. The van der Waals surface area contributed by atoms with E-state index in [0.29, 0.717) is 31.2 Å². The first-order chi connectivity index (χ1) is 10.2. The second kappa shape index (κ2) is 7.44. The molecule has 0 amide bonds. The predicted molar refractivity (Wildman–Crippen MR) is 77.0 cm³/mol. The molecule has 21 heavy (non-hydrogen) atoms. The number of rotatable bonds is 7. The fourth-order valence-corrected chi connectivity index (χ4v) is 1.70. The number of anilines is 1. The number of phenolic OH excluding ortho intramolecular Hbond substituents is 1. The zero-order valence-corrected chi connectivity index (χ0v) is 11.7. The van der Waals surface area contributed by atoms with E-state index in [4.69, 9.17) is 9.47 Å². The van der Waals surface area contributed by atoms with Gasteiger partial charge in [0.05, 0.1) is 18.5 Å². The summed E-state index contributed by atoms with van der Waals surface area (Å²) in [5.41, 5.74) is 1.23. The number of aromatic nitrogens is 1. The topological polar surface area (TPSA) is 63.6 Å². The van der Waals surface area contributed by atoms with Crippen molar-refractivity contribution in [2.75, 3.05) is 25.6 Å². The number of methoxy groups -OCH3 is 1. The smallest absolute Gasteiger partial charge is 0.213 e. The maximum Gasteiger partial charge on any atom is 0.213 e. The van der Waals surface area contributed by atoms with Crippen LogP contribution in [0.1, 0.15) is 5.56 Å². The number of para-hydroxylation sites is 1. The quantitative estimate of drug-likeness (QED) is 0.768. The van der Waals surface area contributed by atoms with Crippen molar-refractivity contribution in [2.45, 2.75) is 6.54 Å². The molecule has 0 saturated carbocycles. The summed E-state index contributed by atoms with van der Waals surface area (Å²) in [5.74, 6) is -0.460. The van der Waals surface area contributed by atoms with E-state index in [1.807, 2.05) is 0 Å². The van der Waals surface area contributed by atoms with Crippen molar-refractivity contribution in [2.24, 2.45) is 0 Å². The van der Waals surface area contributed by atoms with E-state index in [1.54, 1.807) is 37.6 Å². The number of pyridine rings is 1. The van der Waals surface area contributed by atoms with Crippen molar-refractivity contribution >= 4 is 5.69 Å². The van der Waals surface area contributed by atoms with Gasteiger partial charge in [-0.2, -0.15) is 0 Å². The minimum atomic E-state index is -0.630. The average Bonchev–Trinajstić information content (AvgIpc) is 2.50. The highest BCUT2D eigenvalue weighted by Crippen LogP contribution is 2.22. The van der Waals surface area contributed by atoms with Crippen LogP contribution >= 0.6 is 0 Å².